The van der Waals surface area contributed by atoms with E-state index in [0.29, 0.717) is 11.4 Å². The van der Waals surface area contributed by atoms with E-state index in [4.69, 9.17) is 11.6 Å². The van der Waals surface area contributed by atoms with Crippen molar-refractivity contribution in [2.75, 3.05) is 11.9 Å². The van der Waals surface area contributed by atoms with Crippen LogP contribution in [0.5, 0.6) is 0 Å². The normalized spacial score (nSPS) is 22.8. The third kappa shape index (κ3) is 2.59. The highest BCUT2D eigenvalue weighted by atomic mass is 35.5. The number of benzene rings is 2. The maximum atomic E-state index is 12.1. The van der Waals surface area contributed by atoms with Crippen molar-refractivity contribution >= 4 is 23.2 Å². The number of carbonyl (C=O) groups is 1. The maximum absolute atomic E-state index is 12.1. The zero-order valence-electron chi connectivity index (χ0n) is 13.6. The topological polar surface area (TPSA) is 32.3 Å². The molecule has 1 amide bonds. The smallest absolute Gasteiger partial charge is 0.221 e. The fraction of sp³-hybridized carbons (Fsp3) is 0.316. The number of nitrogens with zero attached hydrogens (tertiary/aromatic N) is 1. The molecule has 2 atom stereocenters. The predicted molar refractivity (Wildman–Crippen MR) is 95.0 cm³/mol. The minimum Gasteiger partial charge on any atom is -0.351 e. The summed E-state index contributed by atoms with van der Waals surface area (Å²) < 4.78 is 0. The first kappa shape index (κ1) is 15.9. The number of carbonyl (C=O) groups excluding carboxylic acids is 1. The van der Waals surface area contributed by atoms with Gasteiger partial charge < -0.3 is 10.2 Å². The number of rotatable bonds is 3. The second kappa shape index (κ2) is 5.89. The third-order valence-electron chi connectivity index (χ3n) is 4.78. The van der Waals surface area contributed by atoms with Crippen LogP contribution >= 0.6 is 11.6 Å². The number of hydrogen-bond acceptors (Lipinski definition) is 2. The highest BCUT2D eigenvalue weighted by molar-refractivity contribution is 6.30. The molecule has 3 nitrogen and oxygen atoms in total. The lowest BCUT2D eigenvalue weighted by molar-refractivity contribution is -0.122. The molecule has 23 heavy (non-hydrogen) atoms. The van der Waals surface area contributed by atoms with Gasteiger partial charge in [-0.05, 0) is 36.2 Å². The zero-order valence-corrected chi connectivity index (χ0v) is 14.4. The van der Waals surface area contributed by atoms with Crippen LogP contribution in [0.1, 0.15) is 37.3 Å². The Hall–Kier alpha value is -2.00. The quantitative estimate of drug-likeness (QED) is 0.917. The molecule has 3 rings (SSSR count). The monoisotopic (exact) mass is 328 g/mol. The van der Waals surface area contributed by atoms with Gasteiger partial charge in [-0.25, -0.2) is 0 Å². The van der Waals surface area contributed by atoms with Gasteiger partial charge in [-0.15, -0.1) is 0 Å². The SMILES string of the molecule is CCC(=O)NC1(C)C(c2ccc(Cl)cc2)c2ccccc2N1C. The Morgan fingerprint density at radius 3 is 2.52 bits per heavy atom. The van der Waals surface area contributed by atoms with Crippen LogP contribution in [0.3, 0.4) is 0 Å². The van der Waals surface area contributed by atoms with Gasteiger partial charge in [0.15, 0.2) is 0 Å². The van der Waals surface area contributed by atoms with Gasteiger partial charge in [0.2, 0.25) is 5.91 Å². The van der Waals surface area contributed by atoms with Crippen LogP contribution in [-0.2, 0) is 4.79 Å². The summed E-state index contributed by atoms with van der Waals surface area (Å²) in [6, 6.07) is 16.2. The summed E-state index contributed by atoms with van der Waals surface area (Å²) in [5.41, 5.74) is 3.00. The lowest BCUT2D eigenvalue weighted by atomic mass is 9.84. The van der Waals surface area contributed by atoms with Gasteiger partial charge in [0.1, 0.15) is 5.66 Å². The van der Waals surface area contributed by atoms with Crippen LogP contribution in [0, 0.1) is 0 Å². The van der Waals surface area contributed by atoms with E-state index in [1.54, 1.807) is 0 Å². The van der Waals surface area contributed by atoms with E-state index in [9.17, 15) is 4.79 Å². The van der Waals surface area contributed by atoms with Crippen LogP contribution in [0.15, 0.2) is 48.5 Å². The van der Waals surface area contributed by atoms with E-state index in [2.05, 4.69) is 29.3 Å². The molecule has 0 radical (unpaired) electrons. The van der Waals surface area contributed by atoms with Gasteiger partial charge >= 0.3 is 0 Å². The van der Waals surface area contributed by atoms with Gasteiger partial charge in [0, 0.05) is 24.2 Å². The molecule has 1 N–H and O–H groups in total. The average Bonchev–Trinajstić information content (AvgIpc) is 2.77. The van der Waals surface area contributed by atoms with Crippen molar-refractivity contribution in [3.8, 4) is 0 Å². The largest absolute Gasteiger partial charge is 0.351 e. The van der Waals surface area contributed by atoms with E-state index in [0.717, 1.165) is 11.3 Å². The van der Waals surface area contributed by atoms with E-state index >= 15 is 0 Å². The lowest BCUT2D eigenvalue weighted by Crippen LogP contribution is -2.58. The Morgan fingerprint density at radius 1 is 1.22 bits per heavy atom. The molecular weight excluding hydrogens is 308 g/mol. The van der Waals surface area contributed by atoms with Crippen LogP contribution in [-0.4, -0.2) is 18.6 Å². The van der Waals surface area contributed by atoms with Crippen molar-refractivity contribution in [2.45, 2.75) is 31.8 Å². The molecule has 2 aromatic carbocycles. The van der Waals surface area contributed by atoms with Crippen LogP contribution in [0.2, 0.25) is 5.02 Å². The molecular formula is C19H21ClN2O. The van der Waals surface area contributed by atoms with Crippen LogP contribution < -0.4 is 10.2 Å². The Labute approximate surface area is 142 Å². The van der Waals surface area contributed by atoms with Gasteiger partial charge in [-0.1, -0.05) is 48.9 Å². The van der Waals surface area contributed by atoms with Crippen LogP contribution in [0.25, 0.3) is 0 Å². The minimum absolute atomic E-state index is 0.0473. The second-order valence-corrected chi connectivity index (χ2v) is 6.59. The van der Waals surface area contributed by atoms with Crippen molar-refractivity contribution in [1.82, 2.24) is 5.32 Å². The Morgan fingerprint density at radius 2 is 1.87 bits per heavy atom. The fourth-order valence-electron chi connectivity index (χ4n) is 3.47. The molecule has 1 aliphatic heterocycles. The summed E-state index contributed by atoms with van der Waals surface area (Å²) in [5.74, 6) is 0.0996. The molecule has 0 aromatic heterocycles. The summed E-state index contributed by atoms with van der Waals surface area (Å²) in [7, 11) is 2.03. The molecule has 4 heteroatoms. The molecule has 2 aromatic rings. The molecule has 0 bridgehead atoms. The molecule has 1 aliphatic rings. The fourth-order valence-corrected chi connectivity index (χ4v) is 3.60. The molecule has 2 unspecified atom stereocenters. The summed E-state index contributed by atoms with van der Waals surface area (Å²) in [4.78, 5) is 14.3. The maximum Gasteiger partial charge on any atom is 0.221 e. The van der Waals surface area contributed by atoms with Crippen molar-refractivity contribution < 1.29 is 4.79 Å². The van der Waals surface area contributed by atoms with Crippen molar-refractivity contribution in [1.29, 1.82) is 0 Å². The summed E-state index contributed by atoms with van der Waals surface area (Å²) in [6.45, 7) is 3.96. The number of nitrogens with one attached hydrogen (secondary N) is 1. The summed E-state index contributed by atoms with van der Waals surface area (Å²) in [5, 5.41) is 3.93. The van der Waals surface area contributed by atoms with Crippen LogP contribution in [0.4, 0.5) is 5.69 Å². The first-order valence-corrected chi connectivity index (χ1v) is 8.24. The van der Waals surface area contributed by atoms with Crippen molar-refractivity contribution in [3.05, 3.63) is 64.7 Å². The van der Waals surface area contributed by atoms with E-state index in [-0.39, 0.29) is 11.8 Å². The Kier molecular flexibility index (Phi) is 4.07. The first-order chi connectivity index (χ1) is 11.0. The predicted octanol–water partition coefficient (Wildman–Crippen LogP) is 4.16. The highest BCUT2D eigenvalue weighted by Gasteiger charge is 2.47. The number of para-hydroxylation sites is 1. The molecule has 120 valence electrons. The number of hydrogen-bond donors (Lipinski definition) is 1. The van der Waals surface area contributed by atoms with Crippen molar-refractivity contribution in [3.63, 3.8) is 0 Å². The molecule has 0 saturated carbocycles. The van der Waals surface area contributed by atoms with Gasteiger partial charge in [0.25, 0.3) is 0 Å². The average molecular weight is 329 g/mol. The number of amides is 1. The zero-order chi connectivity index (χ0) is 16.6. The number of anilines is 1. The Balaban J connectivity index is 2.14. The standard InChI is InChI=1S/C19H21ClN2O/c1-4-17(23)21-19(2)18(13-9-11-14(20)12-10-13)15-7-5-6-8-16(15)22(19)3/h5-12,18H,4H2,1-3H3,(H,21,23). The number of fused-ring (bicyclic) bond motifs is 1. The van der Waals surface area contributed by atoms with E-state index in [1.165, 1.54) is 5.56 Å². The molecule has 0 aliphatic carbocycles. The number of likely N-dealkylation sites (N-methyl/N-ethyl adjacent to an activating group) is 1. The lowest BCUT2D eigenvalue weighted by Gasteiger charge is -2.39. The summed E-state index contributed by atoms with van der Waals surface area (Å²) in [6.07, 6.45) is 0.465. The van der Waals surface area contributed by atoms with E-state index in [1.807, 2.05) is 50.4 Å². The van der Waals surface area contributed by atoms with Gasteiger partial charge in [-0.3, -0.25) is 4.79 Å². The molecule has 0 saturated heterocycles. The highest BCUT2D eigenvalue weighted by Crippen LogP contribution is 2.48. The van der Waals surface area contributed by atoms with Crippen molar-refractivity contribution in [2.24, 2.45) is 0 Å². The Bertz CT molecular complexity index is 728. The first-order valence-electron chi connectivity index (χ1n) is 7.86. The third-order valence-corrected chi connectivity index (χ3v) is 5.04. The molecule has 1 heterocycles. The van der Waals surface area contributed by atoms with E-state index < -0.39 is 5.66 Å². The number of halogens is 1. The van der Waals surface area contributed by atoms with Gasteiger partial charge in [0.05, 0.1) is 5.92 Å². The second-order valence-electron chi connectivity index (χ2n) is 6.15. The minimum atomic E-state index is -0.509. The summed E-state index contributed by atoms with van der Waals surface area (Å²) >= 11 is 6.04. The molecule has 0 spiro atoms. The van der Waals surface area contributed by atoms with Gasteiger partial charge in [-0.2, -0.15) is 0 Å². The molecule has 0 fully saturated rings.